The van der Waals surface area contributed by atoms with Crippen molar-refractivity contribution in [3.8, 4) is 5.75 Å². The maximum Gasteiger partial charge on any atom is 0.573 e. The summed E-state index contributed by atoms with van der Waals surface area (Å²) in [5.41, 5.74) is 0.175. The Morgan fingerprint density at radius 3 is 2.52 bits per heavy atom. The van der Waals surface area contributed by atoms with Crippen LogP contribution in [0.25, 0.3) is 0 Å². The van der Waals surface area contributed by atoms with Gasteiger partial charge in [-0.1, -0.05) is 18.9 Å². The minimum atomic E-state index is -4.70. The van der Waals surface area contributed by atoms with E-state index in [1.54, 1.807) is 12.1 Å². The first-order valence-electron chi connectivity index (χ1n) is 6.75. The molecule has 0 heterocycles. The number of benzene rings is 1. The number of aliphatic hydroxyl groups is 1. The minimum absolute atomic E-state index is 0.249. The Bertz CT molecular complexity index is 488. The average molecular weight is 368 g/mol. The molecule has 0 saturated heterocycles. The van der Waals surface area contributed by atoms with Crippen LogP contribution in [-0.2, 0) is 6.54 Å². The molecule has 1 fully saturated rings. The SMILES string of the molecule is OC1(CNCc2ccc(OC(F)(F)F)c(Br)c2)CCCC1. The Morgan fingerprint density at radius 2 is 1.95 bits per heavy atom. The molecule has 0 aliphatic heterocycles. The van der Waals surface area contributed by atoms with Crippen LogP contribution in [0.5, 0.6) is 5.75 Å². The fourth-order valence-corrected chi connectivity index (χ4v) is 3.02. The number of ether oxygens (including phenoxy) is 1. The molecule has 21 heavy (non-hydrogen) atoms. The van der Waals surface area contributed by atoms with Gasteiger partial charge in [-0.05, 0) is 46.5 Å². The highest BCUT2D eigenvalue weighted by Crippen LogP contribution is 2.31. The molecule has 0 bridgehead atoms. The minimum Gasteiger partial charge on any atom is -0.405 e. The van der Waals surface area contributed by atoms with Crippen molar-refractivity contribution in [2.75, 3.05) is 6.54 Å². The third kappa shape index (κ3) is 5.16. The highest BCUT2D eigenvalue weighted by molar-refractivity contribution is 9.10. The van der Waals surface area contributed by atoms with Crippen LogP contribution in [0.15, 0.2) is 22.7 Å². The lowest BCUT2D eigenvalue weighted by Crippen LogP contribution is -2.37. The quantitative estimate of drug-likeness (QED) is 0.832. The van der Waals surface area contributed by atoms with E-state index in [2.05, 4.69) is 26.0 Å². The fourth-order valence-electron chi connectivity index (χ4n) is 2.51. The zero-order chi connectivity index (χ0) is 15.5. The lowest BCUT2D eigenvalue weighted by molar-refractivity contribution is -0.274. The lowest BCUT2D eigenvalue weighted by atomic mass is 10.0. The van der Waals surface area contributed by atoms with E-state index in [9.17, 15) is 18.3 Å². The molecular formula is C14H17BrF3NO2. The molecule has 0 spiro atoms. The van der Waals surface area contributed by atoms with Crippen molar-refractivity contribution in [1.82, 2.24) is 5.32 Å². The van der Waals surface area contributed by atoms with E-state index in [4.69, 9.17) is 0 Å². The zero-order valence-electron chi connectivity index (χ0n) is 11.3. The molecule has 2 rings (SSSR count). The van der Waals surface area contributed by atoms with Crippen molar-refractivity contribution in [3.05, 3.63) is 28.2 Å². The van der Waals surface area contributed by atoms with Gasteiger partial charge >= 0.3 is 6.36 Å². The van der Waals surface area contributed by atoms with Gasteiger partial charge in [-0.2, -0.15) is 0 Å². The molecule has 0 amide bonds. The largest absolute Gasteiger partial charge is 0.573 e. The van der Waals surface area contributed by atoms with Crippen LogP contribution in [0, 0.1) is 0 Å². The van der Waals surface area contributed by atoms with E-state index in [1.165, 1.54) is 6.07 Å². The predicted octanol–water partition coefficient (Wildman–Crippen LogP) is 3.74. The van der Waals surface area contributed by atoms with Crippen molar-refractivity contribution in [2.24, 2.45) is 0 Å². The summed E-state index contributed by atoms with van der Waals surface area (Å²) in [5.74, 6) is -0.263. The van der Waals surface area contributed by atoms with Gasteiger partial charge in [0, 0.05) is 13.1 Å². The van der Waals surface area contributed by atoms with Crippen LogP contribution >= 0.6 is 15.9 Å². The van der Waals surface area contributed by atoms with Crippen LogP contribution in [0.3, 0.4) is 0 Å². The molecule has 118 valence electrons. The number of hydrogen-bond donors (Lipinski definition) is 2. The molecule has 0 aromatic heterocycles. The van der Waals surface area contributed by atoms with Gasteiger partial charge in [0.25, 0.3) is 0 Å². The van der Waals surface area contributed by atoms with Gasteiger partial charge in [0.2, 0.25) is 0 Å². The van der Waals surface area contributed by atoms with Gasteiger partial charge < -0.3 is 15.2 Å². The molecule has 1 aliphatic carbocycles. The lowest BCUT2D eigenvalue weighted by Gasteiger charge is -2.22. The molecule has 1 aliphatic rings. The second kappa shape index (κ2) is 6.54. The molecule has 3 nitrogen and oxygen atoms in total. The molecule has 1 aromatic carbocycles. The normalized spacial score (nSPS) is 18.0. The molecule has 0 atom stereocenters. The van der Waals surface area contributed by atoms with E-state index in [0.29, 0.717) is 13.1 Å². The first kappa shape index (κ1) is 16.6. The Labute approximate surface area is 129 Å². The molecular weight excluding hydrogens is 351 g/mol. The van der Waals surface area contributed by atoms with Gasteiger partial charge in [-0.25, -0.2) is 0 Å². The number of halogens is 4. The van der Waals surface area contributed by atoms with Crippen LogP contribution in [-0.4, -0.2) is 23.6 Å². The monoisotopic (exact) mass is 367 g/mol. The molecule has 0 unspecified atom stereocenters. The van der Waals surface area contributed by atoms with E-state index in [1.807, 2.05) is 0 Å². The summed E-state index contributed by atoms with van der Waals surface area (Å²) in [6.45, 7) is 0.971. The van der Waals surface area contributed by atoms with E-state index in [-0.39, 0.29) is 10.2 Å². The number of alkyl halides is 3. The summed E-state index contributed by atoms with van der Waals surface area (Å²) in [4.78, 5) is 0. The van der Waals surface area contributed by atoms with Crippen molar-refractivity contribution < 1.29 is 23.0 Å². The number of hydrogen-bond acceptors (Lipinski definition) is 3. The van der Waals surface area contributed by atoms with Crippen molar-refractivity contribution in [3.63, 3.8) is 0 Å². The molecule has 1 aromatic rings. The van der Waals surface area contributed by atoms with Crippen LogP contribution in [0.2, 0.25) is 0 Å². The molecule has 1 saturated carbocycles. The predicted molar refractivity (Wildman–Crippen MR) is 75.9 cm³/mol. The third-order valence-electron chi connectivity index (χ3n) is 3.54. The third-order valence-corrected chi connectivity index (χ3v) is 4.16. The maximum absolute atomic E-state index is 12.2. The molecule has 0 radical (unpaired) electrons. The summed E-state index contributed by atoms with van der Waals surface area (Å²) < 4.78 is 40.6. The standard InChI is InChI=1S/C14H17BrF3NO2/c15-11-7-10(3-4-12(11)21-14(16,17)18)8-19-9-13(20)5-1-2-6-13/h3-4,7,19-20H,1-2,5-6,8-9H2. The first-order chi connectivity index (χ1) is 9.77. The maximum atomic E-state index is 12.2. The van der Waals surface area contributed by atoms with E-state index < -0.39 is 12.0 Å². The highest BCUT2D eigenvalue weighted by Gasteiger charge is 2.32. The topological polar surface area (TPSA) is 41.5 Å². The van der Waals surface area contributed by atoms with Crippen LogP contribution < -0.4 is 10.1 Å². The summed E-state index contributed by atoms with van der Waals surface area (Å²) in [6.07, 6.45) is -1.04. The Hall–Kier alpha value is -0.790. The molecule has 2 N–H and O–H groups in total. The van der Waals surface area contributed by atoms with Crippen molar-refractivity contribution in [2.45, 2.75) is 44.2 Å². The van der Waals surface area contributed by atoms with Crippen LogP contribution in [0.1, 0.15) is 31.2 Å². The van der Waals surface area contributed by atoms with Gasteiger partial charge in [-0.15, -0.1) is 13.2 Å². The Morgan fingerprint density at radius 1 is 1.29 bits per heavy atom. The van der Waals surface area contributed by atoms with Gasteiger partial charge in [0.05, 0.1) is 10.1 Å². The average Bonchev–Trinajstić information content (AvgIpc) is 2.78. The smallest absolute Gasteiger partial charge is 0.405 e. The first-order valence-corrected chi connectivity index (χ1v) is 7.54. The summed E-state index contributed by atoms with van der Waals surface area (Å²) >= 11 is 3.07. The second-order valence-electron chi connectivity index (χ2n) is 5.35. The zero-order valence-corrected chi connectivity index (χ0v) is 12.9. The fraction of sp³-hybridized carbons (Fsp3) is 0.571. The summed E-state index contributed by atoms with van der Waals surface area (Å²) in [5, 5.41) is 13.3. The van der Waals surface area contributed by atoms with Crippen LogP contribution in [0.4, 0.5) is 13.2 Å². The molecule has 7 heteroatoms. The Balaban J connectivity index is 1.88. The van der Waals surface area contributed by atoms with Crippen molar-refractivity contribution >= 4 is 15.9 Å². The van der Waals surface area contributed by atoms with Gasteiger partial charge in [-0.3, -0.25) is 0 Å². The van der Waals surface area contributed by atoms with Gasteiger partial charge in [0.15, 0.2) is 0 Å². The van der Waals surface area contributed by atoms with Gasteiger partial charge in [0.1, 0.15) is 5.75 Å². The van der Waals surface area contributed by atoms with E-state index in [0.717, 1.165) is 31.2 Å². The highest BCUT2D eigenvalue weighted by atomic mass is 79.9. The van der Waals surface area contributed by atoms with E-state index >= 15 is 0 Å². The second-order valence-corrected chi connectivity index (χ2v) is 6.20. The number of nitrogens with one attached hydrogen (secondary N) is 1. The summed E-state index contributed by atoms with van der Waals surface area (Å²) in [7, 11) is 0. The number of rotatable bonds is 5. The Kier molecular flexibility index (Phi) is 5.16. The summed E-state index contributed by atoms with van der Waals surface area (Å²) in [6, 6.07) is 4.42. The van der Waals surface area contributed by atoms with Crippen molar-refractivity contribution in [1.29, 1.82) is 0 Å².